The Bertz CT molecular complexity index is 6700. The monoisotopic (exact) mass is 1800 g/mol. The number of anilines is 7. The topological polar surface area (TPSA) is 664 Å². The van der Waals surface area contributed by atoms with Crippen molar-refractivity contribution in [2.24, 2.45) is 20.5 Å². The van der Waals surface area contributed by atoms with Crippen LogP contribution in [0.1, 0.15) is 5.56 Å². The van der Waals surface area contributed by atoms with E-state index in [2.05, 4.69) is 66.3 Å². The molecule has 0 unspecified atom stereocenters. The SMILES string of the molecule is CN(Cc1cccc(Nc2nc(Cl)nc(Nc3ccc4c(O)c(N=Nc5ccc6c(S(=O)(=O)[O-])cccc6c5S(=O)(=O)[O-])c(S(=O)(=O)[O-])cc4c3S(=O)(=O)[O-])n2)c1)c1nc(Cl)nc(Nc2ccc3c(O)c(N=Nc4ccc5c(S(=O)(=O)[O-])cccc5c4S(=O)(=O)[O-])c(S(=O)(=O)[O-])cc3c2S(=O)(=O)[O-])n1.[Na+].[Na+].[Na+].[Na+].[Na+].[Na+].[Na+].[Na+]. The second-order valence-electron chi connectivity index (χ2n) is 21.2. The first-order chi connectivity index (χ1) is 48.2. The molecular weight excluding hydrogens is 1770 g/mol. The average molecular weight is 1800 g/mol. The molecule has 0 bridgehead atoms. The van der Waals surface area contributed by atoms with Crippen molar-refractivity contribution >= 4 is 211 Å². The summed E-state index contributed by atoms with van der Waals surface area (Å²) in [5.41, 5.74) is -5.34. The van der Waals surface area contributed by atoms with E-state index in [1.54, 1.807) is 6.07 Å². The van der Waals surface area contributed by atoms with Gasteiger partial charge in [-0.05, 0) is 102 Å². The van der Waals surface area contributed by atoms with Crippen molar-refractivity contribution in [3.05, 3.63) is 137 Å². The number of aromatic nitrogens is 6. The van der Waals surface area contributed by atoms with Gasteiger partial charge in [0.25, 0.3) is 0 Å². The number of nitrogens with one attached hydrogen (secondary N) is 3. The molecule has 11 rings (SSSR count). The third-order valence-electron chi connectivity index (χ3n) is 14.5. The smallest absolute Gasteiger partial charge is 0.744 e. The Labute approximate surface area is 820 Å². The Balaban J connectivity index is 0.00000406. The molecule has 0 fully saturated rings. The van der Waals surface area contributed by atoms with Crippen LogP contribution in [-0.4, -0.2) is 151 Å². The van der Waals surface area contributed by atoms with Gasteiger partial charge in [-0.2, -0.15) is 29.9 Å². The minimum Gasteiger partial charge on any atom is -0.744 e. The Morgan fingerprint density at radius 3 is 1.08 bits per heavy atom. The van der Waals surface area contributed by atoms with Crippen molar-refractivity contribution in [2.75, 3.05) is 27.9 Å². The number of hydrogen-bond acceptors (Lipinski definition) is 40. The summed E-state index contributed by atoms with van der Waals surface area (Å²) in [7, 11) is -44.0. The summed E-state index contributed by atoms with van der Waals surface area (Å²) in [6, 6.07) is 18.4. The number of hydrogen-bond donors (Lipinski definition) is 5. The first-order valence-corrected chi connectivity index (χ1v) is 39.4. The van der Waals surface area contributed by atoms with Gasteiger partial charge in [-0.3, -0.25) is 0 Å². The summed E-state index contributed by atoms with van der Waals surface area (Å²) in [6.07, 6.45) is 0. The average Bonchev–Trinajstić information content (AvgIpc) is 0.754. The molecular formula is C54H30Cl2N14Na8O26S8. The number of fused-ring (bicyclic) bond motifs is 4. The van der Waals surface area contributed by atoms with Crippen LogP contribution in [-0.2, 0) is 87.5 Å². The summed E-state index contributed by atoms with van der Waals surface area (Å²) < 4.78 is 302. The van der Waals surface area contributed by atoms with Crippen molar-refractivity contribution in [3.63, 3.8) is 0 Å². The molecule has 542 valence electrons. The van der Waals surface area contributed by atoms with Gasteiger partial charge in [0.2, 0.25) is 34.4 Å². The largest absolute Gasteiger partial charge is 1.00 e. The van der Waals surface area contributed by atoms with Gasteiger partial charge in [0.15, 0.2) is 11.5 Å². The summed E-state index contributed by atoms with van der Waals surface area (Å²) in [6.45, 7) is -0.134. The number of phenolic OH excluding ortho intramolecular Hbond substituents is 2. The molecule has 0 amide bonds. The van der Waals surface area contributed by atoms with E-state index in [9.17, 15) is 114 Å². The zero-order valence-corrected chi connectivity index (χ0v) is 82.4. The van der Waals surface area contributed by atoms with Crippen LogP contribution < -0.4 is 257 Å². The minimum absolute atomic E-state index is 0. The van der Waals surface area contributed by atoms with Gasteiger partial charge in [-0.1, -0.05) is 48.5 Å². The molecule has 58 heteroatoms. The van der Waals surface area contributed by atoms with E-state index >= 15 is 0 Å². The molecule has 0 spiro atoms. The summed E-state index contributed by atoms with van der Waals surface area (Å²) in [5.74, 6) is -4.59. The van der Waals surface area contributed by atoms with E-state index in [1.807, 2.05) is 0 Å². The van der Waals surface area contributed by atoms with Crippen LogP contribution in [0.2, 0.25) is 10.6 Å². The van der Waals surface area contributed by atoms with Crippen molar-refractivity contribution in [1.82, 2.24) is 29.9 Å². The molecule has 5 N–H and O–H groups in total. The van der Waals surface area contributed by atoms with E-state index in [0.717, 1.165) is 72.8 Å². The van der Waals surface area contributed by atoms with Crippen LogP contribution in [0.15, 0.2) is 181 Å². The number of halogens is 2. The summed E-state index contributed by atoms with van der Waals surface area (Å²) in [4.78, 5) is 15.2. The minimum atomic E-state index is -5.92. The van der Waals surface area contributed by atoms with Crippen molar-refractivity contribution < 1.29 is 350 Å². The van der Waals surface area contributed by atoms with Gasteiger partial charge < -0.3 is 67.5 Å². The summed E-state index contributed by atoms with van der Waals surface area (Å²) in [5, 5.41) is 37.7. The first-order valence-electron chi connectivity index (χ1n) is 27.4. The normalized spacial score (nSPS) is 12.1. The van der Waals surface area contributed by atoms with Gasteiger partial charge in [0.1, 0.15) is 104 Å². The van der Waals surface area contributed by atoms with Gasteiger partial charge >= 0.3 is 236 Å². The van der Waals surface area contributed by atoms with Crippen LogP contribution in [0.5, 0.6) is 11.5 Å². The predicted molar refractivity (Wildman–Crippen MR) is 349 cm³/mol. The Hall–Kier alpha value is -2.10. The molecule has 11 aromatic rings. The molecule has 2 aromatic heterocycles. The van der Waals surface area contributed by atoms with E-state index < -0.39 is 231 Å². The molecule has 0 saturated carbocycles. The van der Waals surface area contributed by atoms with E-state index in [1.165, 1.54) is 30.1 Å². The van der Waals surface area contributed by atoms with Gasteiger partial charge in [-0.25, -0.2) is 67.3 Å². The van der Waals surface area contributed by atoms with Crippen molar-refractivity contribution in [2.45, 2.75) is 45.7 Å². The van der Waals surface area contributed by atoms with Crippen molar-refractivity contribution in [1.29, 1.82) is 0 Å². The molecule has 0 aliphatic carbocycles. The Morgan fingerprint density at radius 1 is 0.357 bits per heavy atom. The van der Waals surface area contributed by atoms with Gasteiger partial charge in [0, 0.05) is 62.4 Å². The third kappa shape index (κ3) is 23.3. The molecule has 9 aromatic carbocycles. The van der Waals surface area contributed by atoms with Crippen LogP contribution in [0.3, 0.4) is 0 Å². The number of phenols is 2. The van der Waals surface area contributed by atoms with Gasteiger partial charge in [-0.15, -0.1) is 20.5 Å². The molecule has 112 heavy (non-hydrogen) atoms. The fourth-order valence-corrected chi connectivity index (χ4v) is 16.7. The molecule has 0 atom stereocenters. The second-order valence-corrected chi connectivity index (χ2v) is 32.5. The number of rotatable bonds is 21. The Morgan fingerprint density at radius 2 is 0.705 bits per heavy atom. The number of nitrogens with zero attached hydrogens (tertiary/aromatic N) is 11. The number of benzene rings is 9. The molecule has 0 saturated heterocycles. The van der Waals surface area contributed by atoms with Gasteiger partial charge in [0.05, 0.1) is 50.5 Å². The van der Waals surface area contributed by atoms with Crippen LogP contribution in [0.4, 0.5) is 63.6 Å². The zero-order valence-electron chi connectivity index (χ0n) is 58.4. The first kappa shape index (κ1) is 104. The number of azo groups is 2. The molecule has 0 aliphatic heterocycles. The predicted octanol–water partition coefficient (Wildman–Crippen LogP) is -17.6. The zero-order chi connectivity index (χ0) is 76.1. The molecule has 0 aliphatic rings. The van der Waals surface area contributed by atoms with Crippen LogP contribution in [0, 0.1) is 0 Å². The molecule has 0 radical (unpaired) electrons. The molecule has 2 heterocycles. The maximum atomic E-state index is 13.1. The Kier molecular flexibility index (Phi) is 36.8. The standard InChI is InChI=1S/C54H38Cl2N14O26S8.8Na/c1-70(54-63-50(56)62-53(65-54)59-34-16-14-28-32(48(34)104(94,95)96)21-40(100(82,83)84)42(44(28)72)69-67-36-18-12-26-30(46(36)102(88,89)90)8-4-10-38(26)98(76,77)78)22-23-5-2-6-24(19-23)57-51-60-49(55)61-52(64-51)58-33-15-13-27-31(47(33)103(91,92)93)20-39(99(79,80)81)41(43(27)71)68-66-35-17-11-25-29(45(35)101(85,86)87)7-3-9-37(25)97(73,74)75;;;;;;;;/h2-21,71-72H,22H2,1H3,(H,73,74,75)(H,76,77,78)(H,79,80,81)(H,82,83,84)(H,85,86,87)(H,88,89,90)(H,91,92,93)(H,94,95,96)(H,59,62,63,65)(H2,57,58,60,61,64);;;;;;;;/q;8*+1/p-8. The maximum Gasteiger partial charge on any atom is 1.00 e. The summed E-state index contributed by atoms with van der Waals surface area (Å²) >= 11 is 12.5. The van der Waals surface area contributed by atoms with Crippen molar-refractivity contribution in [3.8, 4) is 11.5 Å². The second kappa shape index (κ2) is 39.6. The van der Waals surface area contributed by atoms with E-state index in [0.29, 0.717) is 29.8 Å². The number of aromatic hydroxyl groups is 2. The fourth-order valence-electron chi connectivity index (χ4n) is 10.5. The maximum absolute atomic E-state index is 13.1. The fraction of sp³-hybridized carbons (Fsp3) is 0.0370. The third-order valence-corrected chi connectivity index (χ3v) is 22.1. The van der Waals surface area contributed by atoms with Crippen LogP contribution >= 0.6 is 23.2 Å². The van der Waals surface area contributed by atoms with E-state index in [4.69, 9.17) is 23.2 Å². The molecule has 40 nitrogen and oxygen atoms in total. The van der Waals surface area contributed by atoms with Crippen LogP contribution in [0.25, 0.3) is 43.1 Å². The van der Waals surface area contributed by atoms with E-state index in [-0.39, 0.29) is 261 Å². The quantitative estimate of drug-likeness (QED) is 0.0253.